The van der Waals surface area contributed by atoms with Gasteiger partial charge in [-0.3, -0.25) is 0 Å². The van der Waals surface area contributed by atoms with Crippen molar-refractivity contribution in [2.24, 2.45) is 0 Å². The van der Waals surface area contributed by atoms with Crippen LogP contribution in [0.3, 0.4) is 0 Å². The van der Waals surface area contributed by atoms with E-state index in [0.29, 0.717) is 18.1 Å². The van der Waals surface area contributed by atoms with Gasteiger partial charge < -0.3 is 15.0 Å². The molecule has 0 amide bonds. The zero-order valence-corrected chi connectivity index (χ0v) is 10.8. The lowest BCUT2D eigenvalue weighted by Crippen LogP contribution is -2.18. The van der Waals surface area contributed by atoms with Crippen LogP contribution in [0.4, 0.5) is 10.3 Å². The average Bonchev–Trinajstić information content (AvgIpc) is 2.99. The maximum absolute atomic E-state index is 13.2. The molecule has 1 saturated carbocycles. The van der Waals surface area contributed by atoms with Gasteiger partial charge in [0.15, 0.2) is 0 Å². The van der Waals surface area contributed by atoms with Crippen LogP contribution in [0, 0.1) is 5.82 Å². The maximum Gasteiger partial charge on any atom is 0.204 e. The molecular weight excluding hydrogens is 245 g/mol. The van der Waals surface area contributed by atoms with E-state index in [-0.39, 0.29) is 12.4 Å². The van der Waals surface area contributed by atoms with E-state index < -0.39 is 0 Å². The highest BCUT2D eigenvalue weighted by Crippen LogP contribution is 2.25. The number of benzene rings is 1. The van der Waals surface area contributed by atoms with Gasteiger partial charge in [0.05, 0.1) is 17.6 Å². The van der Waals surface area contributed by atoms with E-state index in [2.05, 4.69) is 10.3 Å². The summed E-state index contributed by atoms with van der Waals surface area (Å²) in [7, 11) is 0. The summed E-state index contributed by atoms with van der Waals surface area (Å²) in [4.78, 5) is 4.46. The Labute approximate surface area is 111 Å². The number of nitrogens with one attached hydrogen (secondary N) is 1. The van der Waals surface area contributed by atoms with E-state index in [1.807, 2.05) is 4.57 Å². The van der Waals surface area contributed by atoms with Crippen molar-refractivity contribution in [3.8, 4) is 0 Å². The number of fused-ring (bicyclic) bond motifs is 1. The van der Waals surface area contributed by atoms with E-state index in [0.717, 1.165) is 24.3 Å². The summed E-state index contributed by atoms with van der Waals surface area (Å²) in [6, 6.07) is 5.02. The number of halogens is 1. The van der Waals surface area contributed by atoms with E-state index in [1.54, 1.807) is 6.07 Å². The molecule has 4 nitrogen and oxygen atoms in total. The van der Waals surface area contributed by atoms with Gasteiger partial charge in [-0.25, -0.2) is 9.37 Å². The first-order chi connectivity index (χ1) is 9.28. The fourth-order valence-electron chi connectivity index (χ4n) is 2.79. The SMILES string of the molecule is OCCn1c(NC2CCCC2)nc2cc(F)ccc21. The molecule has 5 heteroatoms. The second-order valence-electron chi connectivity index (χ2n) is 5.07. The molecule has 1 aliphatic carbocycles. The summed E-state index contributed by atoms with van der Waals surface area (Å²) in [5.41, 5.74) is 1.49. The van der Waals surface area contributed by atoms with Gasteiger partial charge in [0.25, 0.3) is 0 Å². The molecule has 1 aromatic carbocycles. The molecule has 0 atom stereocenters. The predicted octanol–water partition coefficient (Wildman–Crippen LogP) is 2.52. The van der Waals surface area contributed by atoms with Crippen LogP contribution >= 0.6 is 0 Å². The Bertz CT molecular complexity index is 575. The molecule has 1 fully saturated rings. The second-order valence-corrected chi connectivity index (χ2v) is 5.07. The van der Waals surface area contributed by atoms with Crippen LogP contribution in [0.5, 0.6) is 0 Å². The molecule has 1 aliphatic rings. The smallest absolute Gasteiger partial charge is 0.204 e. The van der Waals surface area contributed by atoms with E-state index in [4.69, 9.17) is 0 Å². The highest BCUT2D eigenvalue weighted by molar-refractivity contribution is 5.78. The Kier molecular flexibility index (Phi) is 3.38. The van der Waals surface area contributed by atoms with Crippen LogP contribution in [0.2, 0.25) is 0 Å². The molecule has 0 unspecified atom stereocenters. The van der Waals surface area contributed by atoms with Gasteiger partial charge in [-0.1, -0.05) is 12.8 Å². The van der Waals surface area contributed by atoms with Crippen molar-refractivity contribution in [1.82, 2.24) is 9.55 Å². The lowest BCUT2D eigenvalue weighted by atomic mass is 10.2. The number of nitrogens with zero attached hydrogens (tertiary/aromatic N) is 2. The van der Waals surface area contributed by atoms with Gasteiger partial charge in [0.1, 0.15) is 5.82 Å². The van der Waals surface area contributed by atoms with Gasteiger partial charge in [-0.2, -0.15) is 0 Å². The molecule has 1 heterocycles. The fourth-order valence-corrected chi connectivity index (χ4v) is 2.79. The van der Waals surface area contributed by atoms with Crippen LogP contribution < -0.4 is 5.32 Å². The van der Waals surface area contributed by atoms with Gasteiger partial charge in [-0.05, 0) is 25.0 Å². The van der Waals surface area contributed by atoms with Crippen molar-refractivity contribution in [3.05, 3.63) is 24.0 Å². The van der Waals surface area contributed by atoms with Gasteiger partial charge in [0, 0.05) is 18.7 Å². The molecule has 102 valence electrons. The summed E-state index contributed by atoms with van der Waals surface area (Å²) in [5.74, 6) is 0.454. The lowest BCUT2D eigenvalue weighted by molar-refractivity contribution is 0.278. The number of aromatic nitrogens is 2. The zero-order valence-electron chi connectivity index (χ0n) is 10.8. The van der Waals surface area contributed by atoms with Crippen molar-refractivity contribution >= 4 is 17.0 Å². The summed E-state index contributed by atoms with van der Waals surface area (Å²) in [6.07, 6.45) is 4.78. The molecule has 19 heavy (non-hydrogen) atoms. The third-order valence-electron chi connectivity index (χ3n) is 3.72. The summed E-state index contributed by atoms with van der Waals surface area (Å²) >= 11 is 0. The van der Waals surface area contributed by atoms with Crippen molar-refractivity contribution in [3.63, 3.8) is 0 Å². The van der Waals surface area contributed by atoms with Crippen molar-refractivity contribution in [2.45, 2.75) is 38.3 Å². The molecule has 1 aromatic heterocycles. The van der Waals surface area contributed by atoms with Crippen LogP contribution in [0.1, 0.15) is 25.7 Å². The summed E-state index contributed by atoms with van der Waals surface area (Å²) < 4.78 is 15.2. The van der Waals surface area contributed by atoms with Crippen LogP contribution in [-0.4, -0.2) is 27.3 Å². The van der Waals surface area contributed by atoms with Crippen LogP contribution in [0.15, 0.2) is 18.2 Å². The van der Waals surface area contributed by atoms with Crippen LogP contribution in [0.25, 0.3) is 11.0 Å². The molecule has 2 N–H and O–H groups in total. The number of imidazole rings is 1. The van der Waals surface area contributed by atoms with E-state index in [1.165, 1.54) is 25.0 Å². The van der Waals surface area contributed by atoms with E-state index in [9.17, 15) is 9.50 Å². The van der Waals surface area contributed by atoms with Gasteiger partial charge in [-0.15, -0.1) is 0 Å². The maximum atomic E-state index is 13.2. The van der Waals surface area contributed by atoms with E-state index >= 15 is 0 Å². The number of hydrogen-bond acceptors (Lipinski definition) is 3. The number of rotatable bonds is 4. The first-order valence-corrected chi connectivity index (χ1v) is 6.81. The number of hydrogen-bond donors (Lipinski definition) is 2. The number of anilines is 1. The molecule has 3 rings (SSSR count). The quantitative estimate of drug-likeness (QED) is 0.891. The molecule has 0 aliphatic heterocycles. The molecular formula is C14H18FN3O. The summed E-state index contributed by atoms with van der Waals surface area (Å²) in [6.45, 7) is 0.513. The van der Waals surface area contributed by atoms with Gasteiger partial charge >= 0.3 is 0 Å². The Morgan fingerprint density at radius 1 is 1.37 bits per heavy atom. The highest BCUT2D eigenvalue weighted by atomic mass is 19.1. The van der Waals surface area contributed by atoms with Crippen molar-refractivity contribution < 1.29 is 9.50 Å². The first kappa shape index (κ1) is 12.4. The van der Waals surface area contributed by atoms with Crippen molar-refractivity contribution in [1.29, 1.82) is 0 Å². The fraction of sp³-hybridized carbons (Fsp3) is 0.500. The van der Waals surface area contributed by atoms with Crippen molar-refractivity contribution in [2.75, 3.05) is 11.9 Å². The molecule has 0 spiro atoms. The summed E-state index contributed by atoms with van der Waals surface area (Å²) in [5, 5.41) is 12.6. The third kappa shape index (κ3) is 2.42. The van der Waals surface area contributed by atoms with Gasteiger partial charge in [0.2, 0.25) is 5.95 Å². The first-order valence-electron chi connectivity index (χ1n) is 6.81. The second kappa shape index (κ2) is 5.17. The Balaban J connectivity index is 1.98. The minimum atomic E-state index is -0.284. The lowest BCUT2D eigenvalue weighted by Gasteiger charge is -2.14. The monoisotopic (exact) mass is 263 g/mol. The largest absolute Gasteiger partial charge is 0.395 e. The molecule has 0 saturated heterocycles. The molecule has 2 aromatic rings. The topological polar surface area (TPSA) is 50.1 Å². The molecule has 0 radical (unpaired) electrons. The van der Waals surface area contributed by atoms with Crippen LogP contribution in [-0.2, 0) is 6.54 Å². The Morgan fingerprint density at radius 3 is 2.89 bits per heavy atom. The average molecular weight is 263 g/mol. The third-order valence-corrected chi connectivity index (χ3v) is 3.72. The standard InChI is InChI=1S/C14H18FN3O/c15-10-5-6-13-12(9-10)17-14(18(13)7-8-19)16-11-3-1-2-4-11/h5-6,9,11,19H,1-4,7-8H2,(H,16,17). The normalized spacial score (nSPS) is 16.3. The molecule has 0 bridgehead atoms. The zero-order chi connectivity index (χ0) is 13.2. The highest BCUT2D eigenvalue weighted by Gasteiger charge is 2.18. The predicted molar refractivity (Wildman–Crippen MR) is 72.7 cm³/mol. The minimum Gasteiger partial charge on any atom is -0.395 e. The Hall–Kier alpha value is -1.62. The number of aliphatic hydroxyl groups is 1. The number of aliphatic hydroxyl groups excluding tert-OH is 1. The Morgan fingerprint density at radius 2 is 2.16 bits per heavy atom. The minimum absolute atomic E-state index is 0.0438.